The number of hydrogen-bond donors (Lipinski definition) is 2. The fourth-order valence-corrected chi connectivity index (χ4v) is 1.16. The Morgan fingerprint density at radius 2 is 2.20 bits per heavy atom. The molecule has 4 nitrogen and oxygen atoms in total. The number of carbonyl (C=O) groups is 1. The van der Waals surface area contributed by atoms with Crippen LogP contribution in [0.3, 0.4) is 0 Å². The van der Waals surface area contributed by atoms with Gasteiger partial charge in [-0.2, -0.15) is 0 Å². The molecule has 0 fully saturated rings. The maximum Gasteiger partial charge on any atom is 0.245 e. The van der Waals surface area contributed by atoms with Crippen molar-refractivity contribution >= 4 is 23.1 Å². The average molecular weight is 232 g/mol. The maximum atomic E-state index is 11.1. The number of unbranched alkanes of at least 4 members (excludes halogenated alkanes) is 1. The molecular weight excluding hydrogens is 212 g/mol. The first-order chi connectivity index (χ1) is 7.16. The van der Waals surface area contributed by atoms with E-state index in [-0.39, 0.29) is 12.5 Å². The molecule has 0 rings (SSSR count). The summed E-state index contributed by atoms with van der Waals surface area (Å²) < 4.78 is 5.09. The van der Waals surface area contributed by atoms with Gasteiger partial charge in [0, 0.05) is 13.2 Å². The van der Waals surface area contributed by atoms with Gasteiger partial charge in [-0.15, -0.1) is 0 Å². The van der Waals surface area contributed by atoms with Gasteiger partial charge in [-0.25, -0.2) is 0 Å². The molecule has 0 aromatic carbocycles. The molecule has 0 saturated heterocycles. The molecular formula is C10H20N2O2S. The zero-order chi connectivity index (χ0) is 11.5. The zero-order valence-corrected chi connectivity index (χ0v) is 10.1. The van der Waals surface area contributed by atoms with E-state index in [1.54, 1.807) is 0 Å². The summed E-state index contributed by atoms with van der Waals surface area (Å²) in [7, 11) is 0. The van der Waals surface area contributed by atoms with Crippen LogP contribution in [0.2, 0.25) is 0 Å². The van der Waals surface area contributed by atoms with Crippen LogP contribution in [-0.4, -0.2) is 30.7 Å². The monoisotopic (exact) mass is 232 g/mol. The highest BCUT2D eigenvalue weighted by atomic mass is 32.1. The van der Waals surface area contributed by atoms with Crippen LogP contribution < -0.4 is 11.1 Å². The standard InChI is InChI=1S/C10H20N2O2S/c1-2-7-14-8-10(13)12-6-4-3-5-9(11)15/h2-8H2,1H3,(H2,11,15)(H,12,13). The molecule has 0 aromatic rings. The van der Waals surface area contributed by atoms with Crippen molar-refractivity contribution in [1.82, 2.24) is 5.32 Å². The lowest BCUT2D eigenvalue weighted by atomic mass is 10.2. The van der Waals surface area contributed by atoms with Gasteiger partial charge in [-0.3, -0.25) is 4.79 Å². The van der Waals surface area contributed by atoms with Gasteiger partial charge in [0.05, 0.1) is 4.99 Å². The van der Waals surface area contributed by atoms with Gasteiger partial charge in [0.2, 0.25) is 5.91 Å². The Balaban J connectivity index is 3.20. The quantitative estimate of drug-likeness (QED) is 0.459. The second-order valence-corrected chi connectivity index (χ2v) is 3.85. The molecule has 0 aliphatic rings. The van der Waals surface area contributed by atoms with Gasteiger partial charge < -0.3 is 15.8 Å². The minimum absolute atomic E-state index is 0.0567. The van der Waals surface area contributed by atoms with Crippen LogP contribution in [0.5, 0.6) is 0 Å². The second kappa shape index (κ2) is 9.86. The Hall–Kier alpha value is -0.680. The highest BCUT2D eigenvalue weighted by Gasteiger charge is 1.99. The van der Waals surface area contributed by atoms with Gasteiger partial charge in [0.1, 0.15) is 6.61 Å². The third-order valence-electron chi connectivity index (χ3n) is 1.75. The van der Waals surface area contributed by atoms with Crippen LogP contribution >= 0.6 is 12.2 Å². The lowest BCUT2D eigenvalue weighted by Crippen LogP contribution is -2.28. The highest BCUT2D eigenvalue weighted by molar-refractivity contribution is 7.80. The molecule has 1 amide bonds. The molecule has 5 heteroatoms. The first-order valence-electron chi connectivity index (χ1n) is 5.29. The predicted octanol–water partition coefficient (Wildman–Crippen LogP) is 0.986. The Labute approximate surface area is 96.5 Å². The molecule has 0 saturated carbocycles. The molecule has 15 heavy (non-hydrogen) atoms. The van der Waals surface area contributed by atoms with E-state index >= 15 is 0 Å². The van der Waals surface area contributed by atoms with Crippen molar-refractivity contribution < 1.29 is 9.53 Å². The summed E-state index contributed by atoms with van der Waals surface area (Å²) in [6, 6.07) is 0. The van der Waals surface area contributed by atoms with Gasteiger partial charge in [-0.05, 0) is 25.7 Å². The van der Waals surface area contributed by atoms with Crippen molar-refractivity contribution in [3.05, 3.63) is 0 Å². The summed E-state index contributed by atoms with van der Waals surface area (Å²) in [6.07, 6.45) is 3.50. The van der Waals surface area contributed by atoms with E-state index in [1.807, 2.05) is 6.92 Å². The number of hydrogen-bond acceptors (Lipinski definition) is 3. The summed E-state index contributed by atoms with van der Waals surface area (Å²) in [4.78, 5) is 11.7. The Morgan fingerprint density at radius 3 is 2.80 bits per heavy atom. The zero-order valence-electron chi connectivity index (χ0n) is 9.25. The molecule has 0 aliphatic carbocycles. The van der Waals surface area contributed by atoms with Crippen molar-refractivity contribution in [2.75, 3.05) is 19.8 Å². The molecule has 88 valence electrons. The van der Waals surface area contributed by atoms with Crippen LogP contribution in [0.1, 0.15) is 32.6 Å². The predicted molar refractivity (Wildman–Crippen MR) is 64.8 cm³/mol. The van der Waals surface area contributed by atoms with Crippen molar-refractivity contribution in [2.24, 2.45) is 5.73 Å². The SMILES string of the molecule is CCCOCC(=O)NCCCCC(N)=S. The summed E-state index contributed by atoms with van der Waals surface area (Å²) >= 11 is 4.74. The largest absolute Gasteiger partial charge is 0.393 e. The molecule has 0 bridgehead atoms. The van der Waals surface area contributed by atoms with Crippen molar-refractivity contribution in [1.29, 1.82) is 0 Å². The van der Waals surface area contributed by atoms with Crippen LogP contribution in [0.25, 0.3) is 0 Å². The second-order valence-electron chi connectivity index (χ2n) is 3.33. The van der Waals surface area contributed by atoms with Gasteiger partial charge >= 0.3 is 0 Å². The Morgan fingerprint density at radius 1 is 1.47 bits per heavy atom. The number of carbonyl (C=O) groups excluding carboxylic acids is 1. The molecule has 0 atom stereocenters. The molecule has 3 N–H and O–H groups in total. The van der Waals surface area contributed by atoms with Crippen LogP contribution in [0.15, 0.2) is 0 Å². The first-order valence-corrected chi connectivity index (χ1v) is 5.70. The molecule has 0 unspecified atom stereocenters. The number of amides is 1. The summed E-state index contributed by atoms with van der Waals surface area (Å²) in [5.74, 6) is -0.0567. The van der Waals surface area contributed by atoms with Crippen molar-refractivity contribution in [3.8, 4) is 0 Å². The number of nitrogens with two attached hydrogens (primary N) is 1. The maximum absolute atomic E-state index is 11.1. The van der Waals surface area contributed by atoms with Gasteiger partial charge in [-0.1, -0.05) is 19.1 Å². The van der Waals surface area contributed by atoms with Crippen molar-refractivity contribution in [3.63, 3.8) is 0 Å². The van der Waals surface area contributed by atoms with E-state index in [1.165, 1.54) is 0 Å². The van der Waals surface area contributed by atoms with Gasteiger partial charge in [0.25, 0.3) is 0 Å². The van der Waals surface area contributed by atoms with Crippen LogP contribution in [0.4, 0.5) is 0 Å². The highest BCUT2D eigenvalue weighted by Crippen LogP contribution is 1.93. The number of rotatable bonds is 9. The van der Waals surface area contributed by atoms with E-state index in [0.717, 1.165) is 25.7 Å². The van der Waals surface area contributed by atoms with E-state index in [4.69, 9.17) is 22.7 Å². The molecule has 0 radical (unpaired) electrons. The van der Waals surface area contributed by atoms with E-state index in [2.05, 4.69) is 5.32 Å². The van der Waals surface area contributed by atoms with E-state index < -0.39 is 0 Å². The number of thiocarbonyl (C=S) groups is 1. The summed E-state index contributed by atoms with van der Waals surface area (Å²) in [5.41, 5.74) is 5.34. The van der Waals surface area contributed by atoms with Crippen LogP contribution in [-0.2, 0) is 9.53 Å². The third kappa shape index (κ3) is 11.2. The minimum Gasteiger partial charge on any atom is -0.393 e. The summed E-state index contributed by atoms with van der Waals surface area (Å²) in [5, 5.41) is 2.77. The normalized spacial score (nSPS) is 9.93. The molecule has 0 aromatic heterocycles. The fraction of sp³-hybridized carbons (Fsp3) is 0.800. The average Bonchev–Trinajstić information content (AvgIpc) is 2.17. The fourth-order valence-electron chi connectivity index (χ4n) is 1.01. The Bertz CT molecular complexity index is 198. The number of ether oxygens (including phenoxy) is 1. The molecule has 0 spiro atoms. The Kier molecular flexibility index (Phi) is 9.41. The van der Waals surface area contributed by atoms with E-state index in [0.29, 0.717) is 18.1 Å². The topological polar surface area (TPSA) is 64.3 Å². The smallest absolute Gasteiger partial charge is 0.245 e. The lowest BCUT2D eigenvalue weighted by molar-refractivity contribution is -0.125. The minimum atomic E-state index is -0.0567. The van der Waals surface area contributed by atoms with Gasteiger partial charge in [0.15, 0.2) is 0 Å². The van der Waals surface area contributed by atoms with Crippen molar-refractivity contribution in [2.45, 2.75) is 32.6 Å². The lowest BCUT2D eigenvalue weighted by Gasteiger charge is -2.05. The van der Waals surface area contributed by atoms with Crippen LogP contribution in [0, 0.1) is 0 Å². The first kappa shape index (κ1) is 14.3. The van der Waals surface area contributed by atoms with E-state index in [9.17, 15) is 4.79 Å². The third-order valence-corrected chi connectivity index (χ3v) is 1.96. The molecule has 0 aliphatic heterocycles. The number of nitrogens with one attached hydrogen (secondary N) is 1. The molecule has 0 heterocycles. The summed E-state index contributed by atoms with van der Waals surface area (Å²) in [6.45, 7) is 3.46.